The van der Waals surface area contributed by atoms with E-state index in [1.54, 1.807) is 43.1 Å². The molecule has 236 valence electrons. The second-order valence-corrected chi connectivity index (χ2v) is 16.8. The van der Waals surface area contributed by atoms with Gasteiger partial charge in [0.2, 0.25) is 0 Å². The highest BCUT2D eigenvalue weighted by Gasteiger charge is 2.25. The summed E-state index contributed by atoms with van der Waals surface area (Å²) in [5, 5.41) is 12.9. The molecule has 0 aromatic heterocycles. The van der Waals surface area contributed by atoms with Gasteiger partial charge < -0.3 is 19.7 Å². The number of carbonyl (C=O) groups excluding carboxylic acids is 1. The van der Waals surface area contributed by atoms with Crippen LogP contribution in [0.1, 0.15) is 27.0 Å². The van der Waals surface area contributed by atoms with Gasteiger partial charge in [-0.25, -0.2) is 13.2 Å². The molecule has 0 spiro atoms. The summed E-state index contributed by atoms with van der Waals surface area (Å²) in [6.45, 7) is 2.09. The predicted molar refractivity (Wildman–Crippen MR) is 178 cm³/mol. The van der Waals surface area contributed by atoms with Crippen LogP contribution < -0.4 is 15.4 Å². The number of hydrogen-bond acceptors (Lipinski definition) is 6. The SMILES string of the molecule is CP(=O)(CCc1cc(Cl)c(C(=O)NC(Cc2cccc(S(C)(=O)=O)c2)C(=O)O)c(Cl)c1)c1cccc(OCc2ccccc2)c1. The lowest BCUT2D eigenvalue weighted by atomic mass is 10.0. The molecule has 8 nitrogen and oxygen atoms in total. The minimum absolute atomic E-state index is 0.0143. The molecule has 0 bridgehead atoms. The van der Waals surface area contributed by atoms with Crippen molar-refractivity contribution >= 4 is 57.4 Å². The fourth-order valence-electron chi connectivity index (χ4n) is 4.64. The summed E-state index contributed by atoms with van der Waals surface area (Å²) in [5.41, 5.74) is 2.00. The number of hydrogen-bond donors (Lipinski definition) is 2. The summed E-state index contributed by atoms with van der Waals surface area (Å²) in [6.07, 6.45) is 1.55. The van der Waals surface area contributed by atoms with Crippen LogP contribution in [0.2, 0.25) is 10.0 Å². The number of aryl methyl sites for hydroxylation is 1. The molecule has 2 atom stereocenters. The Morgan fingerprint density at radius 3 is 2.18 bits per heavy atom. The number of halogens is 2. The summed E-state index contributed by atoms with van der Waals surface area (Å²) in [5.74, 6) is -1.50. The first kappa shape index (κ1) is 34.3. The summed E-state index contributed by atoms with van der Waals surface area (Å²) < 4.78 is 43.4. The minimum atomic E-state index is -3.50. The van der Waals surface area contributed by atoms with Crippen LogP contribution in [0.25, 0.3) is 0 Å². The Kier molecular flexibility index (Phi) is 11.2. The quantitative estimate of drug-likeness (QED) is 0.159. The van der Waals surface area contributed by atoms with Crippen molar-refractivity contribution < 1.29 is 32.4 Å². The number of carboxylic acid groups (broad SMARTS) is 1. The Hall–Kier alpha value is -3.62. The molecule has 0 aliphatic heterocycles. The molecular formula is C33H32Cl2NO7PS. The monoisotopic (exact) mass is 687 g/mol. The minimum Gasteiger partial charge on any atom is -0.489 e. The van der Waals surface area contributed by atoms with Crippen molar-refractivity contribution in [3.8, 4) is 5.75 Å². The van der Waals surface area contributed by atoms with Gasteiger partial charge in [-0.1, -0.05) is 77.8 Å². The largest absolute Gasteiger partial charge is 0.489 e. The highest BCUT2D eigenvalue weighted by atomic mass is 35.5. The second kappa shape index (κ2) is 14.6. The first-order valence-corrected chi connectivity index (χ1v) is 18.9. The summed E-state index contributed by atoms with van der Waals surface area (Å²) in [4.78, 5) is 25.1. The van der Waals surface area contributed by atoms with E-state index in [9.17, 15) is 27.7 Å². The van der Waals surface area contributed by atoms with Crippen molar-refractivity contribution in [1.29, 1.82) is 0 Å². The van der Waals surface area contributed by atoms with Crippen molar-refractivity contribution in [2.75, 3.05) is 19.1 Å². The zero-order valence-corrected chi connectivity index (χ0v) is 27.8. The predicted octanol–water partition coefficient (Wildman–Crippen LogP) is 6.26. The number of amides is 1. The smallest absolute Gasteiger partial charge is 0.326 e. The molecule has 1 amide bonds. The molecule has 4 aromatic carbocycles. The van der Waals surface area contributed by atoms with E-state index in [1.807, 2.05) is 36.4 Å². The van der Waals surface area contributed by atoms with E-state index in [0.717, 1.165) is 11.8 Å². The van der Waals surface area contributed by atoms with E-state index in [4.69, 9.17) is 27.9 Å². The Bertz CT molecular complexity index is 1840. The molecule has 45 heavy (non-hydrogen) atoms. The van der Waals surface area contributed by atoms with Crippen LogP contribution in [0, 0.1) is 0 Å². The van der Waals surface area contributed by atoms with Gasteiger partial charge in [0.1, 0.15) is 25.5 Å². The van der Waals surface area contributed by atoms with Crippen LogP contribution in [0.15, 0.2) is 95.9 Å². The van der Waals surface area contributed by atoms with Gasteiger partial charge in [0.05, 0.1) is 20.5 Å². The molecule has 0 saturated carbocycles. The fraction of sp³-hybridized carbons (Fsp3) is 0.212. The summed E-state index contributed by atoms with van der Waals surface area (Å²) in [6, 6.07) is 24.5. The zero-order valence-electron chi connectivity index (χ0n) is 24.6. The molecule has 2 unspecified atom stereocenters. The van der Waals surface area contributed by atoms with E-state index >= 15 is 0 Å². The number of carbonyl (C=O) groups is 2. The van der Waals surface area contributed by atoms with Gasteiger partial charge in [-0.15, -0.1) is 0 Å². The number of aliphatic carboxylic acids is 1. The number of carboxylic acids is 1. The second-order valence-electron chi connectivity index (χ2n) is 10.8. The van der Waals surface area contributed by atoms with Gasteiger partial charge in [-0.05, 0) is 66.2 Å². The maximum atomic E-state index is 13.7. The maximum Gasteiger partial charge on any atom is 0.326 e. The molecule has 4 rings (SSSR count). The van der Waals surface area contributed by atoms with Crippen LogP contribution in [-0.2, 0) is 38.6 Å². The molecule has 4 aromatic rings. The van der Waals surface area contributed by atoms with E-state index in [0.29, 0.717) is 41.4 Å². The molecule has 0 aliphatic rings. The zero-order chi connectivity index (χ0) is 32.8. The van der Waals surface area contributed by atoms with Gasteiger partial charge >= 0.3 is 5.97 Å². The average Bonchev–Trinajstić information content (AvgIpc) is 2.99. The van der Waals surface area contributed by atoms with Crippen molar-refractivity contribution in [2.45, 2.75) is 30.4 Å². The molecule has 2 N–H and O–H groups in total. The molecule has 0 aliphatic carbocycles. The fourth-order valence-corrected chi connectivity index (χ4v) is 7.78. The van der Waals surface area contributed by atoms with Crippen LogP contribution in [-0.4, -0.2) is 50.5 Å². The Morgan fingerprint density at radius 2 is 1.53 bits per heavy atom. The van der Waals surface area contributed by atoms with E-state index < -0.39 is 34.9 Å². The molecule has 12 heteroatoms. The average molecular weight is 689 g/mol. The first-order chi connectivity index (χ1) is 21.2. The number of nitrogens with one attached hydrogen (secondary N) is 1. The van der Waals surface area contributed by atoms with Gasteiger partial charge in [0.15, 0.2) is 9.84 Å². The summed E-state index contributed by atoms with van der Waals surface area (Å²) in [7, 11) is -6.32. The molecule has 0 radical (unpaired) electrons. The van der Waals surface area contributed by atoms with E-state index in [-0.39, 0.29) is 26.9 Å². The maximum absolute atomic E-state index is 13.7. The van der Waals surface area contributed by atoms with E-state index in [2.05, 4.69) is 5.32 Å². The third kappa shape index (κ3) is 9.44. The van der Waals surface area contributed by atoms with Crippen molar-refractivity contribution in [3.05, 3.63) is 123 Å². The van der Waals surface area contributed by atoms with Gasteiger partial charge in [-0.2, -0.15) is 0 Å². The Morgan fingerprint density at radius 1 is 0.889 bits per heavy atom. The van der Waals surface area contributed by atoms with Gasteiger partial charge in [-0.3, -0.25) is 4.79 Å². The Labute approximate surface area is 272 Å². The topological polar surface area (TPSA) is 127 Å². The third-order valence-corrected chi connectivity index (χ3v) is 11.3. The van der Waals surface area contributed by atoms with Crippen LogP contribution in [0.3, 0.4) is 0 Å². The van der Waals surface area contributed by atoms with Crippen LogP contribution in [0.4, 0.5) is 0 Å². The lowest BCUT2D eigenvalue weighted by Gasteiger charge is -2.18. The third-order valence-electron chi connectivity index (χ3n) is 7.14. The first-order valence-electron chi connectivity index (χ1n) is 13.9. The lowest BCUT2D eigenvalue weighted by molar-refractivity contribution is -0.139. The summed E-state index contributed by atoms with van der Waals surface area (Å²) >= 11 is 12.9. The molecule has 0 heterocycles. The van der Waals surface area contributed by atoms with Crippen molar-refractivity contribution in [1.82, 2.24) is 5.32 Å². The van der Waals surface area contributed by atoms with Crippen LogP contribution >= 0.6 is 30.3 Å². The highest BCUT2D eigenvalue weighted by Crippen LogP contribution is 2.41. The van der Waals surface area contributed by atoms with Gasteiger partial charge in [0, 0.05) is 24.1 Å². The van der Waals surface area contributed by atoms with E-state index in [1.165, 1.54) is 18.2 Å². The lowest BCUT2D eigenvalue weighted by Crippen LogP contribution is -2.42. The normalized spacial score (nSPS) is 13.4. The Balaban J connectivity index is 1.42. The highest BCUT2D eigenvalue weighted by molar-refractivity contribution is 7.90. The van der Waals surface area contributed by atoms with Crippen molar-refractivity contribution in [3.63, 3.8) is 0 Å². The number of sulfone groups is 1. The van der Waals surface area contributed by atoms with Crippen LogP contribution in [0.5, 0.6) is 5.75 Å². The number of rotatable bonds is 13. The van der Waals surface area contributed by atoms with Gasteiger partial charge in [0.25, 0.3) is 5.91 Å². The standard InChI is InChI=1S/C33H32Cl2NO7PS/c1-44(40,26-12-7-11-25(20-26)43-21-22-8-4-3-5-9-22)15-14-24-17-28(34)31(29(35)18-24)32(37)36-30(33(38)39)19-23-10-6-13-27(16-23)45(2,41)42/h3-13,16-18,20,30H,14-15,19,21H2,1-2H3,(H,36,37)(H,38,39). The molecule has 0 saturated heterocycles. The molecule has 0 fully saturated rings. The molecular weight excluding hydrogens is 656 g/mol. The van der Waals surface area contributed by atoms with Crippen molar-refractivity contribution in [2.24, 2.45) is 0 Å². The number of benzene rings is 4. The number of ether oxygens (including phenoxy) is 1.